The van der Waals surface area contributed by atoms with Crippen LogP contribution in [0.2, 0.25) is 0 Å². The van der Waals surface area contributed by atoms with Gasteiger partial charge in [0.05, 0.1) is 5.56 Å². The van der Waals surface area contributed by atoms with E-state index in [-0.39, 0.29) is 17.7 Å². The maximum Gasteiger partial charge on any atom is 0.257 e. The zero-order valence-corrected chi connectivity index (χ0v) is 12.6. The van der Waals surface area contributed by atoms with Crippen LogP contribution < -0.4 is 5.32 Å². The van der Waals surface area contributed by atoms with Crippen LogP contribution in [0.4, 0.5) is 0 Å². The Bertz CT molecular complexity index is 459. The number of carbonyl (C=O) groups is 1. The standard InChI is InChI=1S/C14H19BrN2O2/c1-2-17(11-5-7-16-8-6-11)14(19)12-4-3-10(15)9-13(12)18/h3-4,9,11,16,18H,2,5-8H2,1H3. The molecule has 1 amide bonds. The third-order valence-corrected chi connectivity index (χ3v) is 4.03. The van der Waals surface area contributed by atoms with Crippen molar-refractivity contribution in [1.29, 1.82) is 0 Å². The monoisotopic (exact) mass is 326 g/mol. The molecule has 19 heavy (non-hydrogen) atoms. The van der Waals surface area contributed by atoms with Gasteiger partial charge in [-0.2, -0.15) is 0 Å². The van der Waals surface area contributed by atoms with E-state index in [9.17, 15) is 9.90 Å². The highest BCUT2D eigenvalue weighted by atomic mass is 79.9. The van der Waals surface area contributed by atoms with Crippen molar-refractivity contribution in [3.05, 3.63) is 28.2 Å². The maximum atomic E-state index is 12.5. The van der Waals surface area contributed by atoms with Gasteiger partial charge in [0.1, 0.15) is 5.75 Å². The summed E-state index contributed by atoms with van der Waals surface area (Å²) in [5.74, 6) is -0.0499. The third-order valence-electron chi connectivity index (χ3n) is 3.54. The highest BCUT2D eigenvalue weighted by Crippen LogP contribution is 2.25. The fourth-order valence-electron chi connectivity index (χ4n) is 2.53. The molecule has 1 aliphatic heterocycles. The summed E-state index contributed by atoms with van der Waals surface area (Å²) in [6.07, 6.45) is 1.94. The highest BCUT2D eigenvalue weighted by molar-refractivity contribution is 9.10. The van der Waals surface area contributed by atoms with Gasteiger partial charge < -0.3 is 15.3 Å². The van der Waals surface area contributed by atoms with Crippen molar-refractivity contribution < 1.29 is 9.90 Å². The molecule has 1 fully saturated rings. The summed E-state index contributed by atoms with van der Waals surface area (Å²) >= 11 is 3.28. The first-order valence-electron chi connectivity index (χ1n) is 6.63. The molecule has 0 radical (unpaired) electrons. The van der Waals surface area contributed by atoms with Crippen LogP contribution in [0.5, 0.6) is 5.75 Å². The van der Waals surface area contributed by atoms with Crippen molar-refractivity contribution in [2.75, 3.05) is 19.6 Å². The number of nitrogens with zero attached hydrogens (tertiary/aromatic N) is 1. The number of carbonyl (C=O) groups excluding carboxylic acids is 1. The highest BCUT2D eigenvalue weighted by Gasteiger charge is 2.26. The molecule has 1 aliphatic rings. The molecule has 4 nitrogen and oxygen atoms in total. The lowest BCUT2D eigenvalue weighted by atomic mass is 10.0. The molecular formula is C14H19BrN2O2. The first kappa shape index (κ1) is 14.3. The summed E-state index contributed by atoms with van der Waals surface area (Å²) in [7, 11) is 0. The molecule has 0 unspecified atom stereocenters. The minimum Gasteiger partial charge on any atom is -0.507 e. The average Bonchev–Trinajstić information content (AvgIpc) is 2.40. The number of phenolic OH excluding ortho intramolecular Hbond substituents is 1. The van der Waals surface area contributed by atoms with E-state index < -0.39 is 0 Å². The van der Waals surface area contributed by atoms with Crippen LogP contribution >= 0.6 is 15.9 Å². The molecule has 0 saturated carbocycles. The van der Waals surface area contributed by atoms with Crippen LogP contribution in [0, 0.1) is 0 Å². The lowest BCUT2D eigenvalue weighted by molar-refractivity contribution is 0.0653. The van der Waals surface area contributed by atoms with Gasteiger partial charge in [-0.15, -0.1) is 0 Å². The predicted molar refractivity (Wildman–Crippen MR) is 78.4 cm³/mol. The van der Waals surface area contributed by atoms with E-state index in [1.807, 2.05) is 11.8 Å². The molecule has 0 atom stereocenters. The van der Waals surface area contributed by atoms with Gasteiger partial charge in [-0.05, 0) is 51.1 Å². The number of amides is 1. The van der Waals surface area contributed by atoms with Gasteiger partial charge in [0.25, 0.3) is 5.91 Å². The van der Waals surface area contributed by atoms with E-state index in [1.54, 1.807) is 18.2 Å². The second-order valence-corrected chi connectivity index (χ2v) is 5.65. The molecule has 1 aromatic carbocycles. The molecule has 0 bridgehead atoms. The quantitative estimate of drug-likeness (QED) is 0.896. The Labute approximate surface area is 121 Å². The van der Waals surface area contributed by atoms with Crippen LogP contribution in [-0.4, -0.2) is 41.6 Å². The van der Waals surface area contributed by atoms with Crippen LogP contribution in [0.1, 0.15) is 30.1 Å². The normalized spacial score (nSPS) is 16.3. The Morgan fingerprint density at radius 3 is 2.74 bits per heavy atom. The number of aromatic hydroxyl groups is 1. The number of hydrogen-bond acceptors (Lipinski definition) is 3. The molecule has 1 aromatic rings. The van der Waals surface area contributed by atoms with Crippen LogP contribution in [0.15, 0.2) is 22.7 Å². The van der Waals surface area contributed by atoms with Gasteiger partial charge in [0.2, 0.25) is 0 Å². The fourth-order valence-corrected chi connectivity index (χ4v) is 2.88. The number of hydrogen-bond donors (Lipinski definition) is 2. The summed E-state index contributed by atoms with van der Waals surface area (Å²) in [6, 6.07) is 5.28. The molecule has 0 aromatic heterocycles. The van der Waals surface area contributed by atoms with E-state index in [4.69, 9.17) is 0 Å². The summed E-state index contributed by atoms with van der Waals surface area (Å²) in [5, 5.41) is 13.2. The smallest absolute Gasteiger partial charge is 0.257 e. The van der Waals surface area contributed by atoms with Crippen LogP contribution in [0.25, 0.3) is 0 Å². The van der Waals surface area contributed by atoms with Crippen molar-refractivity contribution in [2.24, 2.45) is 0 Å². The summed E-state index contributed by atoms with van der Waals surface area (Å²) in [4.78, 5) is 14.4. The molecule has 2 rings (SSSR count). The van der Waals surface area contributed by atoms with Crippen LogP contribution in [0.3, 0.4) is 0 Å². The minimum atomic E-state index is -0.0839. The van der Waals surface area contributed by atoms with E-state index in [0.29, 0.717) is 12.1 Å². The van der Waals surface area contributed by atoms with E-state index >= 15 is 0 Å². The van der Waals surface area contributed by atoms with Gasteiger partial charge in [-0.25, -0.2) is 0 Å². The molecule has 0 spiro atoms. The number of phenols is 1. The predicted octanol–water partition coefficient (Wildman–Crippen LogP) is 2.37. The average molecular weight is 327 g/mol. The van der Waals surface area contributed by atoms with Crippen molar-refractivity contribution in [3.8, 4) is 5.75 Å². The SMILES string of the molecule is CCN(C(=O)c1ccc(Br)cc1O)C1CCNCC1. The Morgan fingerprint density at radius 2 is 2.16 bits per heavy atom. The number of rotatable bonds is 3. The fraction of sp³-hybridized carbons (Fsp3) is 0.500. The molecular weight excluding hydrogens is 308 g/mol. The largest absolute Gasteiger partial charge is 0.507 e. The Kier molecular flexibility index (Phi) is 4.82. The third kappa shape index (κ3) is 3.28. The van der Waals surface area contributed by atoms with E-state index in [0.717, 1.165) is 30.4 Å². The number of halogens is 1. The Hall–Kier alpha value is -1.07. The van der Waals surface area contributed by atoms with Crippen LogP contribution in [-0.2, 0) is 0 Å². The summed E-state index contributed by atoms with van der Waals surface area (Å²) in [5.41, 5.74) is 0.378. The lowest BCUT2D eigenvalue weighted by Gasteiger charge is -2.34. The van der Waals surface area contributed by atoms with Gasteiger partial charge in [-0.1, -0.05) is 15.9 Å². The molecule has 1 saturated heterocycles. The van der Waals surface area contributed by atoms with Gasteiger partial charge in [0.15, 0.2) is 0 Å². The van der Waals surface area contributed by atoms with Crippen molar-refractivity contribution >= 4 is 21.8 Å². The second-order valence-electron chi connectivity index (χ2n) is 4.73. The summed E-state index contributed by atoms with van der Waals surface area (Å²) in [6.45, 7) is 4.54. The first-order valence-corrected chi connectivity index (χ1v) is 7.43. The van der Waals surface area contributed by atoms with Crippen molar-refractivity contribution in [1.82, 2.24) is 10.2 Å². The van der Waals surface area contributed by atoms with E-state index in [2.05, 4.69) is 21.2 Å². The molecule has 104 valence electrons. The summed E-state index contributed by atoms with van der Waals surface area (Å²) < 4.78 is 0.770. The molecule has 1 heterocycles. The van der Waals surface area contributed by atoms with E-state index in [1.165, 1.54) is 0 Å². The lowest BCUT2D eigenvalue weighted by Crippen LogP contribution is -2.46. The minimum absolute atomic E-state index is 0.0340. The van der Waals surface area contributed by atoms with Crippen molar-refractivity contribution in [3.63, 3.8) is 0 Å². The molecule has 2 N–H and O–H groups in total. The zero-order valence-electron chi connectivity index (χ0n) is 11.0. The van der Waals surface area contributed by atoms with Gasteiger partial charge in [-0.3, -0.25) is 4.79 Å². The van der Waals surface area contributed by atoms with Crippen molar-refractivity contribution in [2.45, 2.75) is 25.8 Å². The maximum absolute atomic E-state index is 12.5. The topological polar surface area (TPSA) is 52.6 Å². The van der Waals surface area contributed by atoms with Gasteiger partial charge >= 0.3 is 0 Å². The Balaban J connectivity index is 2.19. The molecule has 5 heteroatoms. The number of piperidine rings is 1. The number of nitrogens with one attached hydrogen (secondary N) is 1. The second kappa shape index (κ2) is 6.39. The number of benzene rings is 1. The zero-order chi connectivity index (χ0) is 13.8. The molecule has 0 aliphatic carbocycles. The van der Waals surface area contributed by atoms with Gasteiger partial charge in [0, 0.05) is 17.1 Å². The first-order chi connectivity index (χ1) is 9.13. The Morgan fingerprint density at radius 1 is 1.47 bits per heavy atom.